The molecule has 0 saturated heterocycles. The molecule has 0 spiro atoms. The minimum atomic E-state index is -0.841. The molecule has 10 atom stereocenters. The van der Waals surface area contributed by atoms with Crippen molar-refractivity contribution in [3.63, 3.8) is 0 Å². The molecule has 4 aliphatic rings. The maximum Gasteiger partial charge on any atom is 2.00 e. The Morgan fingerprint density at radius 3 is 1.43 bits per heavy atom. The Labute approximate surface area is 568 Å². The third-order valence-corrected chi connectivity index (χ3v) is 17.4. The third-order valence-electron chi connectivity index (χ3n) is 17.2. The number of carboxylic acids is 2. The predicted molar refractivity (Wildman–Crippen MR) is 365 cm³/mol. The zero-order valence-electron chi connectivity index (χ0n) is 51.0. The largest absolute Gasteiger partial charge is 2.00 e. The molecule has 0 aliphatic heterocycles. The van der Waals surface area contributed by atoms with Crippen molar-refractivity contribution in [2.45, 2.75) is 233 Å². The van der Waals surface area contributed by atoms with Crippen LogP contribution < -0.4 is 21.1 Å². The summed E-state index contributed by atoms with van der Waals surface area (Å²) in [5.74, 6) is 1.45. The Morgan fingerprint density at radius 2 is 1.06 bits per heavy atom. The Hall–Kier alpha value is -4.24. The number of nitrogens with one attached hydrogen (secondary N) is 8. The van der Waals surface area contributed by atoms with E-state index in [4.69, 9.17) is 5.11 Å². The molecule has 90 heavy (non-hydrogen) atoms. The molecule has 8 rings (SSSR count). The van der Waals surface area contributed by atoms with Gasteiger partial charge >= 0.3 is 58.0 Å². The van der Waals surface area contributed by atoms with Crippen LogP contribution >= 0.6 is 18.8 Å². The molecule has 4 saturated carbocycles. The van der Waals surface area contributed by atoms with Gasteiger partial charge in [0.1, 0.15) is 0 Å². The summed E-state index contributed by atoms with van der Waals surface area (Å²) in [6.45, 7) is 16.9. The number of aliphatic carboxylic acids is 2. The number of hydrogen-bond acceptors (Lipinski definition) is 10. The first kappa shape index (κ1) is 92.2. The molecular weight excluding hydrogens is 1260 g/mol. The molecule has 2 amide bonds. The second kappa shape index (κ2) is 50.3. The Balaban J connectivity index is -0.000000576. The molecule has 4 aromatic heterocycles. The first-order valence-corrected chi connectivity index (χ1v) is 31.2. The SMILES string of the molecule is C.C.C.C.C.CCC(C)C(C)C(C)(c1cc(CC(=O)O)c(-c2cc(CNC(=O)CC3[CH-]CCC3)c(C)[nH]2)[nH]1)C(C)CC.O=C(CC1[CH-]CCC1)NCc1cc[nH]c1.O=C(CC1[CH-]CCC1)ONP.O=C(CC1[CH-]CCC1)ONP.O=C(O)Cc1cc[nH]c1.[Fe+2].[Fe+2]. The first-order chi connectivity index (χ1) is 39.8. The van der Waals surface area contributed by atoms with Gasteiger partial charge in [0.15, 0.2) is 0 Å². The van der Waals surface area contributed by atoms with E-state index in [1.54, 1.807) is 18.5 Å². The maximum absolute atomic E-state index is 12.5. The summed E-state index contributed by atoms with van der Waals surface area (Å²) < 4.78 is 0. The molecule has 10 unspecified atom stereocenters. The number of amides is 2. The Kier molecular flexibility index (Phi) is 51.5. The molecule has 4 aromatic rings. The van der Waals surface area contributed by atoms with Gasteiger partial charge in [0.05, 0.1) is 24.2 Å². The third kappa shape index (κ3) is 33.0. The second-order valence-electron chi connectivity index (χ2n) is 23.0. The van der Waals surface area contributed by atoms with Crippen LogP contribution in [0.2, 0.25) is 0 Å². The average Bonchev–Trinajstić information content (AvgIpc) is 1.83. The number of H-pyrrole nitrogens is 4. The van der Waals surface area contributed by atoms with Crippen molar-refractivity contribution in [1.82, 2.24) is 41.1 Å². The van der Waals surface area contributed by atoms with Crippen LogP contribution in [0.25, 0.3) is 11.4 Å². The van der Waals surface area contributed by atoms with Crippen LogP contribution in [-0.4, -0.2) is 65.8 Å². The van der Waals surface area contributed by atoms with Gasteiger partial charge < -0.3 is 76.1 Å². The number of aromatic amines is 4. The average molecular weight is 1380 g/mol. The number of hydrogen-bond donors (Lipinski definition) is 10. The molecule has 0 bridgehead atoms. The van der Waals surface area contributed by atoms with Gasteiger partial charge in [0, 0.05) is 80.4 Å². The zero-order valence-corrected chi connectivity index (χ0v) is 55.6. The Bertz CT molecular complexity index is 2490. The minimum Gasteiger partial charge on any atom is -0.481 e. The van der Waals surface area contributed by atoms with Crippen LogP contribution in [-0.2, 0) is 104 Å². The van der Waals surface area contributed by atoms with Crippen LogP contribution in [0.5, 0.6) is 0 Å². The summed E-state index contributed by atoms with van der Waals surface area (Å²) in [7, 11) is 4.26. The van der Waals surface area contributed by atoms with Gasteiger partial charge in [-0.05, 0) is 90.0 Å². The van der Waals surface area contributed by atoms with E-state index in [1.165, 1.54) is 38.5 Å². The van der Waals surface area contributed by atoms with Crippen LogP contribution in [0.1, 0.15) is 228 Å². The number of aryl methyl sites for hydroxylation is 1. The van der Waals surface area contributed by atoms with Crippen LogP contribution in [0.4, 0.5) is 0 Å². The van der Waals surface area contributed by atoms with Gasteiger partial charge in [-0.1, -0.05) is 143 Å². The topological polar surface area (TPSA) is 273 Å². The second-order valence-corrected chi connectivity index (χ2v) is 23.5. The van der Waals surface area contributed by atoms with E-state index in [9.17, 15) is 33.9 Å². The number of carbonyl (C=O) groups excluding carboxylic acids is 4. The van der Waals surface area contributed by atoms with E-state index in [-0.39, 0.29) is 113 Å². The van der Waals surface area contributed by atoms with Gasteiger partial charge in [-0.25, -0.2) is 0 Å². The number of aromatic nitrogens is 4. The Morgan fingerprint density at radius 1 is 0.622 bits per heavy atom. The fourth-order valence-electron chi connectivity index (χ4n) is 11.5. The van der Waals surface area contributed by atoms with Crippen molar-refractivity contribution in [3.8, 4) is 11.4 Å². The summed E-state index contributed by atoms with van der Waals surface area (Å²) in [6.07, 6.45) is 34.5. The first-order valence-electron chi connectivity index (χ1n) is 30.0. The molecule has 4 heterocycles. The maximum atomic E-state index is 12.5. The molecule has 4 aliphatic carbocycles. The molecule has 10 N–H and O–H groups in total. The molecule has 0 aromatic carbocycles. The normalized spacial score (nSPS) is 18.2. The molecule has 0 radical (unpaired) electrons. The van der Waals surface area contributed by atoms with Crippen molar-refractivity contribution < 1.29 is 82.8 Å². The van der Waals surface area contributed by atoms with E-state index in [0.717, 1.165) is 96.4 Å². The van der Waals surface area contributed by atoms with Crippen molar-refractivity contribution in [2.75, 3.05) is 0 Å². The van der Waals surface area contributed by atoms with E-state index in [1.807, 2.05) is 25.4 Å². The molecule has 4 fully saturated rings. The smallest absolute Gasteiger partial charge is 0.481 e. The summed E-state index contributed by atoms with van der Waals surface area (Å²) in [5, 5.41) is 28.6. The molecule has 516 valence electrons. The van der Waals surface area contributed by atoms with Crippen molar-refractivity contribution in [3.05, 3.63) is 108 Å². The van der Waals surface area contributed by atoms with E-state index >= 15 is 0 Å². The molecular formula is C68H118Fe2N8O10P2. The van der Waals surface area contributed by atoms with Gasteiger partial charge in [-0.15, -0.1) is 10.5 Å². The number of carboxylic acid groups (broad SMARTS) is 2. The minimum absolute atomic E-state index is 0. The van der Waals surface area contributed by atoms with Gasteiger partial charge in [-0.2, -0.15) is 49.4 Å². The van der Waals surface area contributed by atoms with E-state index in [2.05, 4.69) is 149 Å². The van der Waals surface area contributed by atoms with Gasteiger partial charge in [0.25, 0.3) is 0 Å². The van der Waals surface area contributed by atoms with Crippen LogP contribution in [0.15, 0.2) is 49.1 Å². The zero-order chi connectivity index (χ0) is 60.7. The van der Waals surface area contributed by atoms with Crippen LogP contribution in [0, 0.1) is 74.0 Å². The molecule has 22 heteroatoms. The van der Waals surface area contributed by atoms with Gasteiger partial charge in [-0.3, -0.25) is 28.8 Å². The number of carbonyl (C=O) groups is 6. The summed E-state index contributed by atoms with van der Waals surface area (Å²) in [5.41, 5.74) is 7.43. The standard InChI is InChI=1S/C31H48N3O3.C12H17N2O.2C7H13NO2P.C6H7NO2.5CH4.2Fe/c1-8-19(3)21(5)31(7,20(4)9-2)27-16-24(17-29(36)37)30(34-27)26-15-25(22(6)33-26)18-32-28(35)14-23-12-10-11-13-23;15-12(7-10-3-1-2-4-10)14-9-11-5-6-13-8-11;2*9-7(10-8-11)5-6-3-1-2-4-6;8-6(9)3-5-1-2-7-4-5;;;;;;;/h12,15-16,19-21,23,33-34H,8-11,13-14,17-18H2,1-7H3,(H,32,35)(H,36,37);3,5-6,8,10,13H,1-2,4,7,9H2,(H,14,15);2*3,6,8H,1-2,4-5,11H2;1-2,4,7H,3H2,(H,8,9);5*1H4;;/q4*-1;;;;;;;2*+2. The number of rotatable bonds is 25. The summed E-state index contributed by atoms with van der Waals surface area (Å²) in [4.78, 5) is 89.7. The van der Waals surface area contributed by atoms with Crippen molar-refractivity contribution in [1.29, 1.82) is 0 Å². The predicted octanol–water partition coefficient (Wildman–Crippen LogP) is 15.2. The monoisotopic (exact) mass is 1380 g/mol. The van der Waals surface area contributed by atoms with Crippen molar-refractivity contribution >= 4 is 54.5 Å². The summed E-state index contributed by atoms with van der Waals surface area (Å²) >= 11 is 0. The van der Waals surface area contributed by atoms with E-state index in [0.29, 0.717) is 80.2 Å². The quantitative estimate of drug-likeness (QED) is 0.0128. The van der Waals surface area contributed by atoms with Gasteiger partial charge in [0.2, 0.25) is 11.8 Å². The summed E-state index contributed by atoms with van der Waals surface area (Å²) in [6, 6.07) is 7.86. The molecule has 18 nitrogen and oxygen atoms in total. The van der Waals surface area contributed by atoms with Crippen molar-refractivity contribution in [2.24, 2.45) is 41.4 Å². The fourth-order valence-corrected chi connectivity index (χ4v) is 11.8. The fraction of sp³-hybridized carbons (Fsp3) is 0.618. The van der Waals surface area contributed by atoms with E-state index < -0.39 is 11.9 Å². The van der Waals surface area contributed by atoms with Crippen LogP contribution in [0.3, 0.4) is 0 Å².